The molecule has 2 heterocycles. The number of rotatable bonds is 5. The lowest BCUT2D eigenvalue weighted by molar-refractivity contribution is 0.0829. The Morgan fingerprint density at radius 1 is 1.40 bits per heavy atom. The van der Waals surface area contributed by atoms with Crippen LogP contribution in [0.15, 0.2) is 30.3 Å². The summed E-state index contributed by atoms with van der Waals surface area (Å²) in [5, 5.41) is 15.4. The summed E-state index contributed by atoms with van der Waals surface area (Å²) in [7, 11) is 0. The molecule has 1 N–H and O–H groups in total. The van der Waals surface area contributed by atoms with E-state index in [1.54, 1.807) is 4.68 Å². The molecular formula is C14H19N5O. The number of tetrazole rings is 1. The van der Waals surface area contributed by atoms with E-state index in [1.807, 2.05) is 30.3 Å². The normalized spacial score (nSPS) is 20.1. The Hall–Kier alpha value is -1.79. The number of para-hydroxylation sites is 1. The van der Waals surface area contributed by atoms with Crippen LogP contribution in [-0.2, 0) is 11.3 Å². The Bertz CT molecular complexity index is 536. The van der Waals surface area contributed by atoms with Crippen molar-refractivity contribution in [2.75, 3.05) is 6.61 Å². The standard InChI is InChI=1S/C14H19N5O/c1-11(13-8-5-9-20-13)15-10-14-16-17-18-19(14)12-6-3-2-4-7-12/h2-4,6-7,11,13,15H,5,8-10H2,1H3. The first-order valence-corrected chi connectivity index (χ1v) is 7.02. The van der Waals surface area contributed by atoms with Gasteiger partial charge in [0, 0.05) is 12.6 Å². The quantitative estimate of drug-likeness (QED) is 0.890. The predicted molar refractivity (Wildman–Crippen MR) is 74.4 cm³/mol. The molecule has 0 spiro atoms. The van der Waals surface area contributed by atoms with Crippen LogP contribution in [-0.4, -0.2) is 39.0 Å². The molecule has 3 rings (SSSR count). The summed E-state index contributed by atoms with van der Waals surface area (Å²) in [6.07, 6.45) is 2.58. The molecule has 1 aromatic carbocycles. The van der Waals surface area contributed by atoms with E-state index in [0.29, 0.717) is 18.7 Å². The maximum Gasteiger partial charge on any atom is 0.170 e. The van der Waals surface area contributed by atoms with Gasteiger partial charge in [-0.1, -0.05) is 18.2 Å². The molecule has 2 unspecified atom stereocenters. The van der Waals surface area contributed by atoms with Gasteiger partial charge in [0.05, 0.1) is 18.3 Å². The topological polar surface area (TPSA) is 64.9 Å². The number of nitrogens with zero attached hydrogens (tertiary/aromatic N) is 4. The molecule has 1 aliphatic rings. The third kappa shape index (κ3) is 2.86. The van der Waals surface area contributed by atoms with Crippen LogP contribution in [0, 0.1) is 0 Å². The number of benzene rings is 1. The SMILES string of the molecule is CC(NCc1nnnn1-c1ccccc1)C1CCCO1. The lowest BCUT2D eigenvalue weighted by Gasteiger charge is -2.19. The summed E-state index contributed by atoms with van der Waals surface area (Å²) in [6.45, 7) is 3.65. The molecule has 0 aliphatic carbocycles. The minimum atomic E-state index is 0.302. The van der Waals surface area contributed by atoms with E-state index in [4.69, 9.17) is 4.74 Å². The minimum absolute atomic E-state index is 0.302. The van der Waals surface area contributed by atoms with Crippen molar-refractivity contribution in [3.05, 3.63) is 36.2 Å². The first-order valence-electron chi connectivity index (χ1n) is 7.02. The van der Waals surface area contributed by atoms with Gasteiger partial charge in [-0.15, -0.1) is 5.10 Å². The molecule has 6 heteroatoms. The molecule has 0 saturated carbocycles. The van der Waals surface area contributed by atoms with Crippen LogP contribution < -0.4 is 5.32 Å². The van der Waals surface area contributed by atoms with E-state index in [-0.39, 0.29) is 0 Å². The van der Waals surface area contributed by atoms with Crippen molar-refractivity contribution in [3.63, 3.8) is 0 Å². The smallest absolute Gasteiger partial charge is 0.170 e. The molecule has 1 aliphatic heterocycles. The van der Waals surface area contributed by atoms with Crippen molar-refractivity contribution in [1.82, 2.24) is 25.5 Å². The number of aromatic nitrogens is 4. The van der Waals surface area contributed by atoms with Gasteiger partial charge in [-0.05, 0) is 42.3 Å². The molecular weight excluding hydrogens is 254 g/mol. The molecule has 0 amide bonds. The molecule has 6 nitrogen and oxygen atoms in total. The monoisotopic (exact) mass is 273 g/mol. The van der Waals surface area contributed by atoms with Crippen LogP contribution in [0.1, 0.15) is 25.6 Å². The highest BCUT2D eigenvalue weighted by atomic mass is 16.5. The van der Waals surface area contributed by atoms with Crippen LogP contribution >= 0.6 is 0 Å². The molecule has 1 fully saturated rings. The van der Waals surface area contributed by atoms with Gasteiger partial charge in [-0.25, -0.2) is 0 Å². The van der Waals surface area contributed by atoms with Gasteiger partial charge in [0.15, 0.2) is 5.82 Å². The van der Waals surface area contributed by atoms with Gasteiger partial charge < -0.3 is 10.1 Å². The summed E-state index contributed by atoms with van der Waals surface area (Å²) in [6, 6.07) is 10.2. The van der Waals surface area contributed by atoms with Crippen LogP contribution in [0.4, 0.5) is 0 Å². The first-order chi connectivity index (χ1) is 9.84. The summed E-state index contributed by atoms with van der Waals surface area (Å²) >= 11 is 0. The Morgan fingerprint density at radius 3 is 3.00 bits per heavy atom. The molecule has 106 valence electrons. The fraction of sp³-hybridized carbons (Fsp3) is 0.500. The molecule has 2 atom stereocenters. The van der Waals surface area contributed by atoms with Crippen molar-refractivity contribution in [2.45, 2.75) is 38.5 Å². The highest BCUT2D eigenvalue weighted by molar-refractivity contribution is 5.30. The maximum absolute atomic E-state index is 5.68. The van der Waals surface area contributed by atoms with Gasteiger partial charge in [-0.2, -0.15) is 4.68 Å². The number of hydrogen-bond acceptors (Lipinski definition) is 5. The summed E-state index contributed by atoms with van der Waals surface area (Å²) in [5.74, 6) is 0.807. The molecule has 1 saturated heterocycles. The van der Waals surface area contributed by atoms with Crippen molar-refractivity contribution >= 4 is 0 Å². The Labute approximate surface area is 118 Å². The van der Waals surface area contributed by atoms with Crippen LogP contribution in [0.2, 0.25) is 0 Å². The predicted octanol–water partition coefficient (Wildman–Crippen LogP) is 1.32. The zero-order chi connectivity index (χ0) is 13.8. The average Bonchev–Trinajstić information content (AvgIpc) is 3.17. The second-order valence-electron chi connectivity index (χ2n) is 5.06. The van der Waals surface area contributed by atoms with Crippen molar-refractivity contribution in [1.29, 1.82) is 0 Å². The molecule has 0 bridgehead atoms. The third-order valence-corrected chi connectivity index (χ3v) is 3.64. The average molecular weight is 273 g/mol. The number of ether oxygens (including phenoxy) is 1. The maximum atomic E-state index is 5.68. The fourth-order valence-corrected chi connectivity index (χ4v) is 2.47. The van der Waals surface area contributed by atoms with Crippen LogP contribution in [0.5, 0.6) is 0 Å². The highest BCUT2D eigenvalue weighted by Gasteiger charge is 2.22. The zero-order valence-electron chi connectivity index (χ0n) is 11.6. The minimum Gasteiger partial charge on any atom is -0.377 e. The fourth-order valence-electron chi connectivity index (χ4n) is 2.47. The zero-order valence-corrected chi connectivity index (χ0v) is 11.6. The van der Waals surface area contributed by atoms with E-state index in [0.717, 1.165) is 31.0 Å². The Kier molecular flexibility index (Phi) is 4.03. The Morgan fingerprint density at radius 2 is 2.25 bits per heavy atom. The second kappa shape index (κ2) is 6.11. The number of nitrogens with one attached hydrogen (secondary N) is 1. The summed E-state index contributed by atoms with van der Waals surface area (Å²) in [5.41, 5.74) is 0.971. The van der Waals surface area contributed by atoms with E-state index >= 15 is 0 Å². The van der Waals surface area contributed by atoms with E-state index in [9.17, 15) is 0 Å². The van der Waals surface area contributed by atoms with Gasteiger partial charge in [-0.3, -0.25) is 0 Å². The lowest BCUT2D eigenvalue weighted by Crippen LogP contribution is -2.37. The first kappa shape index (κ1) is 13.2. The summed E-state index contributed by atoms with van der Waals surface area (Å²) < 4.78 is 7.44. The second-order valence-corrected chi connectivity index (χ2v) is 5.06. The lowest BCUT2D eigenvalue weighted by atomic mass is 10.1. The molecule has 2 aromatic rings. The van der Waals surface area contributed by atoms with Crippen LogP contribution in [0.25, 0.3) is 5.69 Å². The number of hydrogen-bond donors (Lipinski definition) is 1. The Balaban J connectivity index is 1.65. The van der Waals surface area contributed by atoms with Gasteiger partial charge in [0.25, 0.3) is 0 Å². The largest absolute Gasteiger partial charge is 0.377 e. The van der Waals surface area contributed by atoms with Gasteiger partial charge in [0.2, 0.25) is 0 Å². The third-order valence-electron chi connectivity index (χ3n) is 3.64. The van der Waals surface area contributed by atoms with Gasteiger partial charge >= 0.3 is 0 Å². The molecule has 20 heavy (non-hydrogen) atoms. The van der Waals surface area contributed by atoms with Crippen molar-refractivity contribution < 1.29 is 4.74 Å². The highest BCUT2D eigenvalue weighted by Crippen LogP contribution is 2.15. The molecule has 1 aromatic heterocycles. The summed E-state index contributed by atoms with van der Waals surface area (Å²) in [4.78, 5) is 0. The van der Waals surface area contributed by atoms with Gasteiger partial charge in [0.1, 0.15) is 0 Å². The van der Waals surface area contributed by atoms with Crippen molar-refractivity contribution in [2.24, 2.45) is 0 Å². The van der Waals surface area contributed by atoms with E-state index < -0.39 is 0 Å². The van der Waals surface area contributed by atoms with Crippen molar-refractivity contribution in [3.8, 4) is 5.69 Å². The molecule has 0 radical (unpaired) electrons. The van der Waals surface area contributed by atoms with E-state index in [2.05, 4.69) is 27.8 Å². The van der Waals surface area contributed by atoms with E-state index in [1.165, 1.54) is 0 Å². The van der Waals surface area contributed by atoms with Crippen LogP contribution in [0.3, 0.4) is 0 Å².